The fraction of sp³-hybridized carbons (Fsp3) is 0.467. The average molecular weight is 284 g/mol. The monoisotopic (exact) mass is 283 g/mol. The van der Waals surface area contributed by atoms with E-state index < -0.39 is 0 Å². The molecule has 1 aliphatic carbocycles. The second-order valence-electron chi connectivity index (χ2n) is 4.93. The molecule has 1 aromatic rings. The van der Waals surface area contributed by atoms with Gasteiger partial charge in [0.05, 0.1) is 11.6 Å². The SMILES string of the molecule is COCCNCC1(c2cccc(Cl)c2F)CC=CC1. The van der Waals surface area contributed by atoms with E-state index in [1.54, 1.807) is 13.2 Å². The maximum absolute atomic E-state index is 14.3. The predicted molar refractivity (Wildman–Crippen MR) is 76.2 cm³/mol. The van der Waals surface area contributed by atoms with Crippen molar-refractivity contribution in [3.8, 4) is 0 Å². The van der Waals surface area contributed by atoms with Crippen molar-refractivity contribution < 1.29 is 9.13 Å². The molecule has 0 bridgehead atoms. The van der Waals surface area contributed by atoms with Gasteiger partial charge in [0, 0.05) is 25.6 Å². The van der Waals surface area contributed by atoms with Gasteiger partial charge < -0.3 is 10.1 Å². The highest BCUT2D eigenvalue weighted by Crippen LogP contribution is 2.39. The molecule has 1 aromatic carbocycles. The van der Waals surface area contributed by atoms with Crippen LogP contribution >= 0.6 is 11.6 Å². The Bertz CT molecular complexity index is 453. The molecule has 0 saturated carbocycles. The van der Waals surface area contributed by atoms with E-state index in [2.05, 4.69) is 17.5 Å². The van der Waals surface area contributed by atoms with Gasteiger partial charge in [-0.05, 0) is 24.5 Å². The van der Waals surface area contributed by atoms with Crippen LogP contribution in [0.5, 0.6) is 0 Å². The molecule has 0 saturated heterocycles. The highest BCUT2D eigenvalue weighted by molar-refractivity contribution is 6.30. The highest BCUT2D eigenvalue weighted by atomic mass is 35.5. The molecule has 0 heterocycles. The van der Waals surface area contributed by atoms with Gasteiger partial charge in [0.25, 0.3) is 0 Å². The Balaban J connectivity index is 2.17. The Morgan fingerprint density at radius 2 is 2.11 bits per heavy atom. The molecule has 0 unspecified atom stereocenters. The standard InChI is InChI=1S/C15H19ClFNO/c1-19-10-9-18-11-15(7-2-3-8-15)12-5-4-6-13(16)14(12)17/h2-6,18H,7-11H2,1H3. The number of ether oxygens (including phenoxy) is 1. The second-order valence-corrected chi connectivity index (χ2v) is 5.34. The van der Waals surface area contributed by atoms with Crippen molar-refractivity contribution in [3.63, 3.8) is 0 Å². The Labute approximate surface area is 118 Å². The van der Waals surface area contributed by atoms with Crippen LogP contribution in [-0.2, 0) is 10.2 Å². The Hall–Kier alpha value is -0.900. The Morgan fingerprint density at radius 1 is 1.37 bits per heavy atom. The minimum absolute atomic E-state index is 0.195. The molecule has 0 amide bonds. The molecule has 104 valence electrons. The van der Waals surface area contributed by atoms with Gasteiger partial charge in [-0.3, -0.25) is 0 Å². The molecule has 0 aromatic heterocycles. The first-order valence-corrected chi connectivity index (χ1v) is 6.86. The quantitative estimate of drug-likeness (QED) is 0.639. The molecule has 2 rings (SSSR count). The van der Waals surface area contributed by atoms with Crippen LogP contribution in [0.1, 0.15) is 18.4 Å². The van der Waals surface area contributed by atoms with Gasteiger partial charge >= 0.3 is 0 Å². The topological polar surface area (TPSA) is 21.3 Å². The zero-order valence-electron chi connectivity index (χ0n) is 11.1. The molecule has 0 aliphatic heterocycles. The van der Waals surface area contributed by atoms with E-state index >= 15 is 0 Å². The zero-order valence-corrected chi connectivity index (χ0v) is 11.8. The number of hydrogen-bond acceptors (Lipinski definition) is 2. The number of benzene rings is 1. The fourth-order valence-corrected chi connectivity index (χ4v) is 2.75. The molecule has 0 fully saturated rings. The third kappa shape index (κ3) is 3.16. The summed E-state index contributed by atoms with van der Waals surface area (Å²) < 4.78 is 19.3. The molecule has 1 N–H and O–H groups in total. The molecule has 0 spiro atoms. The van der Waals surface area contributed by atoms with Gasteiger partial charge in [-0.25, -0.2) is 4.39 Å². The predicted octanol–water partition coefficient (Wildman–Crippen LogP) is 3.30. The van der Waals surface area contributed by atoms with Gasteiger partial charge in [-0.15, -0.1) is 0 Å². The lowest BCUT2D eigenvalue weighted by molar-refractivity contribution is 0.196. The van der Waals surface area contributed by atoms with Crippen LogP contribution in [0.25, 0.3) is 0 Å². The largest absolute Gasteiger partial charge is 0.383 e. The number of methoxy groups -OCH3 is 1. The number of nitrogens with one attached hydrogen (secondary N) is 1. The van der Waals surface area contributed by atoms with Crippen molar-refractivity contribution in [1.29, 1.82) is 0 Å². The van der Waals surface area contributed by atoms with Crippen LogP contribution in [0.2, 0.25) is 5.02 Å². The maximum atomic E-state index is 14.3. The third-order valence-electron chi connectivity index (χ3n) is 3.65. The summed E-state index contributed by atoms with van der Waals surface area (Å²) >= 11 is 5.90. The molecule has 0 radical (unpaired) electrons. The summed E-state index contributed by atoms with van der Waals surface area (Å²) in [5.74, 6) is -0.290. The molecule has 2 nitrogen and oxygen atoms in total. The van der Waals surface area contributed by atoms with Gasteiger partial charge in [-0.2, -0.15) is 0 Å². The van der Waals surface area contributed by atoms with E-state index in [0.717, 1.165) is 25.9 Å². The maximum Gasteiger partial charge on any atom is 0.145 e. The number of allylic oxidation sites excluding steroid dienone is 2. The zero-order chi connectivity index (χ0) is 13.7. The summed E-state index contributed by atoms with van der Waals surface area (Å²) in [5.41, 5.74) is 0.484. The van der Waals surface area contributed by atoms with Crippen molar-refractivity contribution in [2.75, 3.05) is 26.8 Å². The first-order chi connectivity index (χ1) is 9.19. The molecule has 1 aliphatic rings. The van der Waals surface area contributed by atoms with E-state index in [1.165, 1.54) is 0 Å². The summed E-state index contributed by atoms with van der Waals surface area (Å²) in [6.45, 7) is 2.14. The van der Waals surface area contributed by atoms with E-state index in [0.29, 0.717) is 12.2 Å². The van der Waals surface area contributed by atoms with Gasteiger partial charge in [0.1, 0.15) is 5.82 Å². The first-order valence-electron chi connectivity index (χ1n) is 6.49. The van der Waals surface area contributed by atoms with Crippen LogP contribution < -0.4 is 5.32 Å². The van der Waals surface area contributed by atoms with Crippen LogP contribution in [0.15, 0.2) is 30.4 Å². The number of halogens is 2. The summed E-state index contributed by atoms with van der Waals surface area (Å²) in [5, 5.41) is 3.53. The smallest absolute Gasteiger partial charge is 0.145 e. The summed E-state index contributed by atoms with van der Waals surface area (Å²) in [6.07, 6.45) is 5.89. The van der Waals surface area contributed by atoms with E-state index in [9.17, 15) is 4.39 Å². The van der Waals surface area contributed by atoms with Gasteiger partial charge in [0.15, 0.2) is 0 Å². The third-order valence-corrected chi connectivity index (χ3v) is 3.95. The van der Waals surface area contributed by atoms with Crippen LogP contribution in [-0.4, -0.2) is 26.8 Å². The molecule has 0 atom stereocenters. The van der Waals surface area contributed by atoms with E-state index in [1.807, 2.05) is 12.1 Å². The Kier molecular flexibility index (Phi) is 4.97. The number of hydrogen-bond donors (Lipinski definition) is 1. The normalized spacial score (nSPS) is 17.0. The average Bonchev–Trinajstić information content (AvgIpc) is 2.88. The minimum atomic E-state index is -0.290. The van der Waals surface area contributed by atoms with Gasteiger partial charge in [0.2, 0.25) is 0 Å². The lowest BCUT2D eigenvalue weighted by atomic mass is 9.78. The number of rotatable bonds is 6. The fourth-order valence-electron chi connectivity index (χ4n) is 2.58. The van der Waals surface area contributed by atoms with Crippen LogP contribution in [0, 0.1) is 5.82 Å². The second kappa shape index (κ2) is 6.51. The lowest BCUT2D eigenvalue weighted by Gasteiger charge is -2.30. The summed E-state index contributed by atoms with van der Waals surface area (Å²) in [7, 11) is 1.67. The highest BCUT2D eigenvalue weighted by Gasteiger charge is 2.35. The Morgan fingerprint density at radius 3 is 2.79 bits per heavy atom. The molecular formula is C15H19ClFNO. The van der Waals surface area contributed by atoms with Crippen molar-refractivity contribution in [2.24, 2.45) is 0 Å². The van der Waals surface area contributed by atoms with Crippen molar-refractivity contribution >= 4 is 11.6 Å². The van der Waals surface area contributed by atoms with Crippen molar-refractivity contribution in [3.05, 3.63) is 46.8 Å². The first kappa shape index (κ1) is 14.5. The summed E-state index contributed by atoms with van der Waals surface area (Å²) in [4.78, 5) is 0. The van der Waals surface area contributed by atoms with Crippen molar-refractivity contribution in [1.82, 2.24) is 5.32 Å². The van der Waals surface area contributed by atoms with Crippen LogP contribution in [0.3, 0.4) is 0 Å². The lowest BCUT2D eigenvalue weighted by Crippen LogP contribution is -2.38. The summed E-state index contributed by atoms with van der Waals surface area (Å²) in [6, 6.07) is 5.25. The molecule has 19 heavy (non-hydrogen) atoms. The van der Waals surface area contributed by atoms with E-state index in [4.69, 9.17) is 16.3 Å². The van der Waals surface area contributed by atoms with Gasteiger partial charge in [-0.1, -0.05) is 35.9 Å². The molecule has 4 heteroatoms. The van der Waals surface area contributed by atoms with Crippen LogP contribution in [0.4, 0.5) is 4.39 Å². The van der Waals surface area contributed by atoms with Crippen molar-refractivity contribution in [2.45, 2.75) is 18.3 Å². The minimum Gasteiger partial charge on any atom is -0.383 e. The molecular weight excluding hydrogens is 265 g/mol. The van der Waals surface area contributed by atoms with E-state index in [-0.39, 0.29) is 16.3 Å².